The highest BCUT2D eigenvalue weighted by Gasteiger charge is 2.30. The van der Waals surface area contributed by atoms with Gasteiger partial charge in [-0.3, -0.25) is 4.57 Å². The van der Waals surface area contributed by atoms with Crippen molar-refractivity contribution in [2.75, 3.05) is 0 Å². The molecule has 0 unspecified atom stereocenters. The van der Waals surface area contributed by atoms with Crippen LogP contribution in [0.5, 0.6) is 0 Å². The number of aromatic nitrogens is 3. The van der Waals surface area contributed by atoms with Crippen LogP contribution >= 0.6 is 11.8 Å². The maximum absolute atomic E-state index is 12.4. The van der Waals surface area contributed by atoms with Gasteiger partial charge in [0.2, 0.25) is 0 Å². The lowest BCUT2D eigenvalue weighted by Crippen LogP contribution is -2.04. The second-order valence-corrected chi connectivity index (χ2v) is 7.82. The molecule has 1 fully saturated rings. The minimum absolute atomic E-state index is 0.346. The first-order chi connectivity index (χ1) is 13.2. The molecule has 5 rings (SSSR count). The Bertz CT molecular complexity index is 1190. The molecule has 0 bridgehead atoms. The topological polar surface area (TPSA) is 60.9 Å². The summed E-state index contributed by atoms with van der Waals surface area (Å²) in [5, 5.41) is 10.4. The van der Waals surface area contributed by atoms with Gasteiger partial charge in [0.15, 0.2) is 11.0 Å². The van der Waals surface area contributed by atoms with Gasteiger partial charge >= 0.3 is 5.63 Å². The molecule has 2 aromatic carbocycles. The Kier molecular flexibility index (Phi) is 3.86. The number of hydrogen-bond donors (Lipinski definition) is 0. The van der Waals surface area contributed by atoms with Gasteiger partial charge in [0.1, 0.15) is 10.5 Å². The van der Waals surface area contributed by atoms with E-state index in [1.165, 1.54) is 17.3 Å². The summed E-state index contributed by atoms with van der Waals surface area (Å²) in [6, 6.07) is 18.1. The number of nitrogens with zero attached hydrogens (tertiary/aromatic N) is 3. The van der Waals surface area contributed by atoms with E-state index in [9.17, 15) is 4.79 Å². The third-order valence-electron chi connectivity index (χ3n) is 4.70. The molecule has 0 atom stereocenters. The lowest BCUT2D eigenvalue weighted by atomic mass is 10.1. The molecule has 0 radical (unpaired) electrons. The van der Waals surface area contributed by atoms with Crippen LogP contribution < -0.4 is 5.63 Å². The van der Waals surface area contributed by atoms with Crippen molar-refractivity contribution in [2.24, 2.45) is 0 Å². The van der Waals surface area contributed by atoms with Crippen LogP contribution in [0, 0.1) is 6.92 Å². The van der Waals surface area contributed by atoms with Crippen LogP contribution in [0.25, 0.3) is 22.4 Å². The van der Waals surface area contributed by atoms with Crippen LogP contribution in [0.4, 0.5) is 0 Å². The predicted octanol–water partition coefficient (Wildman–Crippen LogP) is 4.85. The van der Waals surface area contributed by atoms with Crippen molar-refractivity contribution >= 4 is 22.7 Å². The maximum atomic E-state index is 12.4. The summed E-state index contributed by atoms with van der Waals surface area (Å²) in [7, 11) is 0. The van der Waals surface area contributed by atoms with Gasteiger partial charge in [0.25, 0.3) is 0 Å². The first-order valence-electron chi connectivity index (χ1n) is 8.92. The van der Waals surface area contributed by atoms with E-state index >= 15 is 0 Å². The lowest BCUT2D eigenvalue weighted by Gasteiger charge is -2.09. The number of aryl methyl sites for hydroxylation is 1. The highest BCUT2D eigenvalue weighted by molar-refractivity contribution is 7.99. The molecule has 1 aliphatic rings. The summed E-state index contributed by atoms with van der Waals surface area (Å²) in [6.07, 6.45) is 2.22. The first kappa shape index (κ1) is 16.3. The molecule has 1 saturated carbocycles. The molecular formula is C21H17N3O2S. The molecule has 5 nitrogen and oxygen atoms in total. The Balaban J connectivity index is 1.57. The Morgan fingerprint density at radius 2 is 1.85 bits per heavy atom. The molecule has 4 aromatic rings. The largest absolute Gasteiger partial charge is 0.422 e. The summed E-state index contributed by atoms with van der Waals surface area (Å²) in [5.41, 5.74) is 2.49. The fourth-order valence-electron chi connectivity index (χ4n) is 3.12. The van der Waals surface area contributed by atoms with Gasteiger partial charge < -0.3 is 4.42 Å². The van der Waals surface area contributed by atoms with Crippen molar-refractivity contribution in [1.82, 2.24) is 14.8 Å². The van der Waals surface area contributed by atoms with Gasteiger partial charge in [-0.2, -0.15) is 0 Å². The predicted molar refractivity (Wildman–Crippen MR) is 105 cm³/mol. The van der Waals surface area contributed by atoms with Gasteiger partial charge in [-0.1, -0.05) is 48.0 Å². The highest BCUT2D eigenvalue weighted by atomic mass is 32.2. The number of fused-ring (bicyclic) bond motifs is 1. The molecule has 6 heteroatoms. The summed E-state index contributed by atoms with van der Waals surface area (Å²) in [5.74, 6) is 0.852. The van der Waals surface area contributed by atoms with Crippen LogP contribution in [-0.2, 0) is 0 Å². The summed E-state index contributed by atoms with van der Waals surface area (Å²) < 4.78 is 7.61. The van der Waals surface area contributed by atoms with Crippen LogP contribution in [0.1, 0.15) is 24.4 Å². The normalized spacial score (nSPS) is 14.0. The van der Waals surface area contributed by atoms with Gasteiger partial charge in [-0.05, 0) is 43.7 Å². The molecular weight excluding hydrogens is 358 g/mol. The van der Waals surface area contributed by atoms with E-state index in [0.717, 1.165) is 34.8 Å². The molecule has 2 aromatic heterocycles. The standard InChI is InChI=1S/C21H17N3O2S/c1-13-6-8-14(9-7-13)19-22-23-21(24(19)16-10-11-16)27-18-12-15-4-2-3-5-17(15)26-20(18)25/h2-9,12,16H,10-11H2,1H3. The van der Waals surface area contributed by atoms with E-state index < -0.39 is 0 Å². The summed E-state index contributed by atoms with van der Waals surface area (Å²) in [4.78, 5) is 12.9. The zero-order chi connectivity index (χ0) is 18.4. The van der Waals surface area contributed by atoms with Crippen molar-refractivity contribution in [3.05, 3.63) is 70.6 Å². The molecule has 0 N–H and O–H groups in total. The Morgan fingerprint density at radius 1 is 1.07 bits per heavy atom. The van der Waals surface area contributed by atoms with Crippen molar-refractivity contribution in [3.63, 3.8) is 0 Å². The molecule has 0 saturated heterocycles. The zero-order valence-electron chi connectivity index (χ0n) is 14.8. The van der Waals surface area contributed by atoms with Gasteiger partial charge in [0, 0.05) is 17.0 Å². The van der Waals surface area contributed by atoms with E-state index in [0.29, 0.717) is 16.5 Å². The molecule has 27 heavy (non-hydrogen) atoms. The quantitative estimate of drug-likeness (QED) is 0.477. The van der Waals surface area contributed by atoms with E-state index in [2.05, 4.69) is 46.0 Å². The second kappa shape index (κ2) is 6.39. The highest BCUT2D eigenvalue weighted by Crippen LogP contribution is 2.42. The molecule has 0 spiro atoms. The Labute approximate surface area is 160 Å². The molecule has 2 heterocycles. The van der Waals surface area contributed by atoms with Crippen LogP contribution in [0.2, 0.25) is 0 Å². The zero-order valence-corrected chi connectivity index (χ0v) is 15.6. The van der Waals surface area contributed by atoms with E-state index in [-0.39, 0.29) is 5.63 Å². The molecule has 1 aliphatic carbocycles. The fraction of sp³-hybridized carbons (Fsp3) is 0.190. The third kappa shape index (κ3) is 3.06. The molecule has 134 valence electrons. The van der Waals surface area contributed by atoms with E-state index in [1.807, 2.05) is 24.3 Å². The Hall–Kier alpha value is -2.86. The van der Waals surface area contributed by atoms with Crippen LogP contribution in [-0.4, -0.2) is 14.8 Å². The van der Waals surface area contributed by atoms with Crippen LogP contribution in [0.15, 0.2) is 73.9 Å². The Morgan fingerprint density at radius 3 is 2.63 bits per heavy atom. The van der Waals surface area contributed by atoms with Gasteiger partial charge in [0.05, 0.1) is 0 Å². The van der Waals surface area contributed by atoms with Crippen LogP contribution in [0.3, 0.4) is 0 Å². The number of para-hydroxylation sites is 1. The van der Waals surface area contributed by atoms with Crippen molar-refractivity contribution < 1.29 is 4.42 Å². The third-order valence-corrected chi connectivity index (χ3v) is 5.66. The second-order valence-electron chi connectivity index (χ2n) is 6.81. The molecule has 0 amide bonds. The van der Waals surface area contributed by atoms with Crippen molar-refractivity contribution in [1.29, 1.82) is 0 Å². The maximum Gasteiger partial charge on any atom is 0.350 e. The SMILES string of the molecule is Cc1ccc(-c2nnc(Sc3cc4ccccc4oc3=O)n2C2CC2)cc1. The number of hydrogen-bond acceptors (Lipinski definition) is 5. The van der Waals surface area contributed by atoms with E-state index in [4.69, 9.17) is 4.42 Å². The monoisotopic (exact) mass is 375 g/mol. The minimum Gasteiger partial charge on any atom is -0.422 e. The summed E-state index contributed by atoms with van der Waals surface area (Å²) in [6.45, 7) is 2.07. The lowest BCUT2D eigenvalue weighted by molar-refractivity contribution is 0.543. The van der Waals surface area contributed by atoms with Crippen molar-refractivity contribution in [2.45, 2.75) is 35.9 Å². The smallest absolute Gasteiger partial charge is 0.350 e. The van der Waals surface area contributed by atoms with Gasteiger partial charge in [-0.15, -0.1) is 10.2 Å². The summed E-state index contributed by atoms with van der Waals surface area (Å²) >= 11 is 1.33. The number of rotatable bonds is 4. The first-order valence-corrected chi connectivity index (χ1v) is 9.73. The average molecular weight is 375 g/mol. The number of benzene rings is 2. The fourth-order valence-corrected chi connectivity index (χ4v) is 4.04. The average Bonchev–Trinajstić information content (AvgIpc) is 3.43. The van der Waals surface area contributed by atoms with Crippen molar-refractivity contribution in [3.8, 4) is 11.4 Å². The van der Waals surface area contributed by atoms with E-state index in [1.54, 1.807) is 6.07 Å². The molecule has 0 aliphatic heterocycles. The van der Waals surface area contributed by atoms with Gasteiger partial charge in [-0.25, -0.2) is 4.79 Å². The minimum atomic E-state index is -0.346.